The number of rotatable bonds is 8. The fraction of sp³-hybridized carbons (Fsp3) is 0.444. The van der Waals surface area contributed by atoms with Crippen molar-refractivity contribution in [1.82, 2.24) is 20.1 Å². The van der Waals surface area contributed by atoms with Crippen molar-refractivity contribution in [2.24, 2.45) is 5.92 Å². The van der Waals surface area contributed by atoms with Gasteiger partial charge in [0.05, 0.1) is 6.04 Å². The lowest BCUT2D eigenvalue weighted by Crippen LogP contribution is -2.58. The normalized spacial score (nSPS) is 18.5. The third-order valence-corrected chi connectivity index (χ3v) is 6.76. The number of nitrogens with one attached hydrogen (secondary N) is 1. The zero-order valence-corrected chi connectivity index (χ0v) is 19.2. The smallest absolute Gasteiger partial charge is 0.246 e. The van der Waals surface area contributed by atoms with Crippen molar-refractivity contribution in [3.8, 4) is 0 Å². The summed E-state index contributed by atoms with van der Waals surface area (Å²) in [6, 6.07) is 15.6. The molecule has 2 aromatic rings. The zero-order valence-electron chi connectivity index (χ0n) is 19.2. The standard InChI is InChI=1S/C27H34N4O2/c32-25(14-13-22-8-2-1-3-9-22)30-18-20-31(21-19-30)26(23-10-4-5-11-23)27(33)29-17-15-24-12-6-7-16-28-24/h1-3,6-9,12-14,16,23,26H,4-5,10-11,15,17-21H2,(H,29,33). The summed E-state index contributed by atoms with van der Waals surface area (Å²) in [4.78, 5) is 34.4. The number of aromatic nitrogens is 1. The van der Waals surface area contributed by atoms with Gasteiger partial charge in [-0.2, -0.15) is 0 Å². The first-order chi connectivity index (χ1) is 16.2. The second-order valence-corrected chi connectivity index (χ2v) is 8.96. The summed E-state index contributed by atoms with van der Waals surface area (Å²) >= 11 is 0. The van der Waals surface area contributed by atoms with E-state index in [0.717, 1.165) is 43.6 Å². The summed E-state index contributed by atoms with van der Waals surface area (Å²) in [6.45, 7) is 3.38. The summed E-state index contributed by atoms with van der Waals surface area (Å²) in [5, 5.41) is 3.17. The van der Waals surface area contributed by atoms with E-state index in [0.29, 0.717) is 25.6 Å². The molecule has 1 aromatic carbocycles. The van der Waals surface area contributed by atoms with Gasteiger partial charge < -0.3 is 10.2 Å². The molecule has 0 bridgehead atoms. The van der Waals surface area contributed by atoms with Crippen molar-refractivity contribution in [1.29, 1.82) is 0 Å². The van der Waals surface area contributed by atoms with E-state index in [2.05, 4.69) is 15.2 Å². The molecule has 1 aliphatic heterocycles. The molecule has 1 aliphatic carbocycles. The minimum absolute atomic E-state index is 0.0377. The van der Waals surface area contributed by atoms with Gasteiger partial charge in [0.25, 0.3) is 0 Å². The highest BCUT2D eigenvalue weighted by atomic mass is 16.2. The van der Waals surface area contributed by atoms with Crippen LogP contribution in [0.3, 0.4) is 0 Å². The Balaban J connectivity index is 1.31. The van der Waals surface area contributed by atoms with E-state index in [1.165, 1.54) is 12.8 Å². The van der Waals surface area contributed by atoms with Crippen molar-refractivity contribution in [2.45, 2.75) is 38.1 Å². The van der Waals surface area contributed by atoms with Crippen LogP contribution in [0.5, 0.6) is 0 Å². The Morgan fingerprint density at radius 1 is 1.00 bits per heavy atom. The minimum atomic E-state index is -0.103. The molecule has 4 rings (SSSR count). The predicted octanol–water partition coefficient (Wildman–Crippen LogP) is 3.16. The van der Waals surface area contributed by atoms with Crippen LogP contribution in [0.15, 0.2) is 60.8 Å². The molecule has 33 heavy (non-hydrogen) atoms. The number of hydrogen-bond donors (Lipinski definition) is 1. The van der Waals surface area contributed by atoms with Crippen LogP contribution in [0.1, 0.15) is 36.9 Å². The molecule has 1 atom stereocenters. The average molecular weight is 447 g/mol. The summed E-state index contributed by atoms with van der Waals surface area (Å²) < 4.78 is 0. The van der Waals surface area contributed by atoms with Gasteiger partial charge in [0, 0.05) is 57.1 Å². The summed E-state index contributed by atoms with van der Waals surface area (Å²) in [5.74, 6) is 0.567. The van der Waals surface area contributed by atoms with Crippen LogP contribution in [-0.4, -0.2) is 65.4 Å². The first-order valence-electron chi connectivity index (χ1n) is 12.1. The monoisotopic (exact) mass is 446 g/mol. The third-order valence-electron chi connectivity index (χ3n) is 6.76. The van der Waals surface area contributed by atoms with Crippen molar-refractivity contribution in [2.75, 3.05) is 32.7 Å². The van der Waals surface area contributed by atoms with Gasteiger partial charge >= 0.3 is 0 Å². The lowest BCUT2D eigenvalue weighted by atomic mass is 9.95. The van der Waals surface area contributed by atoms with Crippen LogP contribution in [0, 0.1) is 5.92 Å². The Labute approximate surface area is 196 Å². The molecule has 2 fully saturated rings. The van der Waals surface area contributed by atoms with E-state index < -0.39 is 0 Å². The maximum atomic E-state index is 13.2. The number of nitrogens with zero attached hydrogens (tertiary/aromatic N) is 3. The fourth-order valence-electron chi connectivity index (χ4n) is 4.97. The van der Waals surface area contributed by atoms with Crippen molar-refractivity contribution >= 4 is 17.9 Å². The molecule has 6 nitrogen and oxygen atoms in total. The van der Waals surface area contributed by atoms with Gasteiger partial charge in [-0.15, -0.1) is 0 Å². The van der Waals surface area contributed by atoms with Crippen LogP contribution in [0.2, 0.25) is 0 Å². The van der Waals surface area contributed by atoms with E-state index in [-0.39, 0.29) is 17.9 Å². The van der Waals surface area contributed by atoms with E-state index >= 15 is 0 Å². The summed E-state index contributed by atoms with van der Waals surface area (Å²) in [7, 11) is 0. The third kappa shape index (κ3) is 6.51. The molecule has 0 spiro atoms. The molecule has 6 heteroatoms. The topological polar surface area (TPSA) is 65.5 Å². The maximum absolute atomic E-state index is 13.2. The Kier molecular flexibility index (Phi) is 8.25. The number of hydrogen-bond acceptors (Lipinski definition) is 4. The van der Waals surface area contributed by atoms with Crippen LogP contribution in [-0.2, 0) is 16.0 Å². The summed E-state index contributed by atoms with van der Waals surface area (Å²) in [6.07, 6.45) is 10.7. The fourth-order valence-corrected chi connectivity index (χ4v) is 4.97. The largest absolute Gasteiger partial charge is 0.354 e. The molecule has 1 aromatic heterocycles. The number of benzene rings is 1. The lowest BCUT2D eigenvalue weighted by Gasteiger charge is -2.40. The van der Waals surface area contributed by atoms with Crippen LogP contribution in [0.25, 0.3) is 6.08 Å². The van der Waals surface area contributed by atoms with Gasteiger partial charge in [0.2, 0.25) is 11.8 Å². The maximum Gasteiger partial charge on any atom is 0.246 e. The Morgan fingerprint density at radius 3 is 2.42 bits per heavy atom. The van der Waals surface area contributed by atoms with Gasteiger partial charge in [0.15, 0.2) is 0 Å². The number of pyridine rings is 1. The number of carbonyl (C=O) groups is 2. The van der Waals surface area contributed by atoms with E-state index in [1.807, 2.05) is 59.5 Å². The van der Waals surface area contributed by atoms with E-state index in [1.54, 1.807) is 12.3 Å². The van der Waals surface area contributed by atoms with Gasteiger partial charge in [-0.25, -0.2) is 0 Å². The molecule has 2 amide bonds. The molecule has 1 N–H and O–H groups in total. The quantitative estimate of drug-likeness (QED) is 0.633. The first-order valence-corrected chi connectivity index (χ1v) is 12.1. The number of piperazine rings is 1. The molecule has 1 saturated carbocycles. The molecular formula is C27H34N4O2. The molecule has 2 aliphatic rings. The van der Waals surface area contributed by atoms with Gasteiger partial charge in [-0.3, -0.25) is 19.5 Å². The number of carbonyl (C=O) groups excluding carboxylic acids is 2. The van der Waals surface area contributed by atoms with E-state index in [9.17, 15) is 9.59 Å². The van der Waals surface area contributed by atoms with E-state index in [4.69, 9.17) is 0 Å². The van der Waals surface area contributed by atoms with Crippen molar-refractivity contribution in [3.05, 3.63) is 72.1 Å². The Bertz CT molecular complexity index is 918. The number of amides is 2. The van der Waals surface area contributed by atoms with Crippen LogP contribution >= 0.6 is 0 Å². The lowest BCUT2D eigenvalue weighted by molar-refractivity contribution is -0.132. The summed E-state index contributed by atoms with van der Waals surface area (Å²) in [5.41, 5.74) is 2.01. The highest BCUT2D eigenvalue weighted by molar-refractivity contribution is 5.91. The van der Waals surface area contributed by atoms with Crippen LogP contribution < -0.4 is 5.32 Å². The van der Waals surface area contributed by atoms with Gasteiger partial charge in [-0.1, -0.05) is 49.2 Å². The van der Waals surface area contributed by atoms with Crippen LogP contribution in [0.4, 0.5) is 0 Å². The molecule has 1 saturated heterocycles. The molecule has 0 radical (unpaired) electrons. The predicted molar refractivity (Wildman–Crippen MR) is 130 cm³/mol. The van der Waals surface area contributed by atoms with Gasteiger partial charge in [0.1, 0.15) is 0 Å². The second-order valence-electron chi connectivity index (χ2n) is 8.96. The SMILES string of the molecule is O=C(NCCc1ccccn1)C(C1CCCC1)N1CCN(C(=O)C=Cc2ccccc2)CC1. The van der Waals surface area contributed by atoms with Crippen molar-refractivity contribution < 1.29 is 9.59 Å². The Hall–Kier alpha value is -2.99. The van der Waals surface area contributed by atoms with Crippen molar-refractivity contribution in [3.63, 3.8) is 0 Å². The highest BCUT2D eigenvalue weighted by Crippen LogP contribution is 2.31. The second kappa shape index (κ2) is 11.8. The van der Waals surface area contributed by atoms with Gasteiger partial charge in [-0.05, 0) is 42.5 Å². The first kappa shape index (κ1) is 23.2. The minimum Gasteiger partial charge on any atom is -0.354 e. The zero-order chi connectivity index (χ0) is 22.9. The average Bonchev–Trinajstić information content (AvgIpc) is 3.39. The molecule has 2 heterocycles. The molecule has 1 unspecified atom stereocenters. The highest BCUT2D eigenvalue weighted by Gasteiger charge is 2.36. The Morgan fingerprint density at radius 2 is 1.73 bits per heavy atom. The molecular weight excluding hydrogens is 412 g/mol. The molecule has 174 valence electrons.